The number of aryl methyl sites for hydroxylation is 1. The first kappa shape index (κ1) is 15.0. The number of aromatic nitrogens is 3. The topological polar surface area (TPSA) is 79.8 Å². The predicted octanol–water partition coefficient (Wildman–Crippen LogP) is 1.33. The largest absolute Gasteiger partial charge is 0.356 e. The van der Waals surface area contributed by atoms with Crippen LogP contribution in [0.15, 0.2) is 22.3 Å². The summed E-state index contributed by atoms with van der Waals surface area (Å²) in [4.78, 5) is 24.9. The lowest BCUT2D eigenvalue weighted by Gasteiger charge is -2.13. The first-order valence-corrected chi connectivity index (χ1v) is 8.53. The molecule has 0 fully saturated rings. The Labute approximate surface area is 132 Å². The summed E-state index contributed by atoms with van der Waals surface area (Å²) in [6, 6.07) is 4.11. The average Bonchev–Trinajstić information content (AvgIpc) is 3.08. The normalized spacial score (nSPS) is 17.7. The quantitative estimate of drug-likeness (QED) is 0.872. The molecule has 2 aromatic heterocycles. The Bertz CT molecular complexity index is 674. The zero-order valence-corrected chi connectivity index (χ0v) is 13.2. The molecule has 1 unspecified atom stereocenters. The molecule has 22 heavy (non-hydrogen) atoms. The van der Waals surface area contributed by atoms with Gasteiger partial charge in [-0.05, 0) is 36.6 Å². The summed E-state index contributed by atoms with van der Waals surface area (Å²) in [5.74, 6) is 1.24. The summed E-state index contributed by atoms with van der Waals surface area (Å²) in [6.07, 6.45) is 3.94. The fourth-order valence-electron chi connectivity index (χ4n) is 2.88. The summed E-state index contributed by atoms with van der Waals surface area (Å²) in [5.41, 5.74) is -0.143. The van der Waals surface area contributed by atoms with Gasteiger partial charge in [-0.15, -0.1) is 11.3 Å². The van der Waals surface area contributed by atoms with Crippen molar-refractivity contribution in [3.05, 3.63) is 38.7 Å². The number of hydrogen-bond donors (Lipinski definition) is 2. The standard InChI is InChI=1S/C15H20N4O2S/c20-14(16-7-5-12-2-1-9-22-12)10-11-3-4-13-17-18-15(21)19(13)8-6-11/h1-2,9,11H,3-8,10H2,(H,16,20)(H,18,21). The van der Waals surface area contributed by atoms with Gasteiger partial charge in [-0.3, -0.25) is 9.36 Å². The van der Waals surface area contributed by atoms with Gasteiger partial charge in [-0.25, -0.2) is 9.89 Å². The Kier molecular flexibility index (Phi) is 4.72. The van der Waals surface area contributed by atoms with Gasteiger partial charge in [-0.2, -0.15) is 5.10 Å². The van der Waals surface area contributed by atoms with Gasteiger partial charge in [-0.1, -0.05) is 6.07 Å². The number of H-pyrrole nitrogens is 1. The summed E-state index contributed by atoms with van der Waals surface area (Å²) in [5, 5.41) is 11.6. The fraction of sp³-hybridized carbons (Fsp3) is 0.533. The number of nitrogens with one attached hydrogen (secondary N) is 2. The van der Waals surface area contributed by atoms with E-state index >= 15 is 0 Å². The monoisotopic (exact) mass is 320 g/mol. The van der Waals surface area contributed by atoms with E-state index in [2.05, 4.69) is 21.6 Å². The first-order chi connectivity index (χ1) is 10.7. The van der Waals surface area contributed by atoms with Crippen LogP contribution in [0.2, 0.25) is 0 Å². The van der Waals surface area contributed by atoms with Gasteiger partial charge in [0.05, 0.1) is 0 Å². The number of amides is 1. The molecule has 0 spiro atoms. The Balaban J connectivity index is 1.43. The van der Waals surface area contributed by atoms with Crippen LogP contribution < -0.4 is 11.0 Å². The van der Waals surface area contributed by atoms with Crippen molar-refractivity contribution in [2.24, 2.45) is 5.92 Å². The number of thiophene rings is 1. The van der Waals surface area contributed by atoms with E-state index in [0.29, 0.717) is 25.4 Å². The SMILES string of the molecule is O=C(CC1CCc2n[nH]c(=O)n2CC1)NCCc1cccs1. The number of fused-ring (bicyclic) bond motifs is 1. The van der Waals surface area contributed by atoms with E-state index in [1.54, 1.807) is 15.9 Å². The summed E-state index contributed by atoms with van der Waals surface area (Å²) < 4.78 is 1.69. The zero-order chi connectivity index (χ0) is 15.4. The van der Waals surface area contributed by atoms with E-state index in [1.807, 2.05) is 11.4 Å². The molecule has 6 nitrogen and oxygen atoms in total. The second-order valence-electron chi connectivity index (χ2n) is 5.67. The van der Waals surface area contributed by atoms with Gasteiger partial charge in [0.2, 0.25) is 5.91 Å². The lowest BCUT2D eigenvalue weighted by Crippen LogP contribution is -2.27. The Hall–Kier alpha value is -1.89. The minimum Gasteiger partial charge on any atom is -0.356 e. The van der Waals surface area contributed by atoms with Crippen LogP contribution in [0.3, 0.4) is 0 Å². The molecule has 7 heteroatoms. The van der Waals surface area contributed by atoms with Crippen molar-refractivity contribution >= 4 is 17.2 Å². The van der Waals surface area contributed by atoms with Crippen LogP contribution in [0.25, 0.3) is 0 Å². The molecule has 1 aliphatic heterocycles. The van der Waals surface area contributed by atoms with E-state index < -0.39 is 0 Å². The Morgan fingerprint density at radius 3 is 3.23 bits per heavy atom. The Morgan fingerprint density at radius 1 is 1.50 bits per heavy atom. The van der Waals surface area contributed by atoms with Crippen molar-refractivity contribution in [3.8, 4) is 0 Å². The number of rotatable bonds is 5. The summed E-state index contributed by atoms with van der Waals surface area (Å²) >= 11 is 1.71. The van der Waals surface area contributed by atoms with Crippen molar-refractivity contribution < 1.29 is 4.79 Å². The Morgan fingerprint density at radius 2 is 2.41 bits per heavy atom. The number of hydrogen-bond acceptors (Lipinski definition) is 4. The zero-order valence-electron chi connectivity index (χ0n) is 12.4. The van der Waals surface area contributed by atoms with Crippen molar-refractivity contribution in [1.29, 1.82) is 0 Å². The van der Waals surface area contributed by atoms with E-state index in [4.69, 9.17) is 0 Å². The second-order valence-corrected chi connectivity index (χ2v) is 6.71. The smallest absolute Gasteiger partial charge is 0.343 e. The number of carbonyl (C=O) groups excluding carboxylic acids is 1. The molecule has 1 amide bonds. The molecule has 0 aliphatic carbocycles. The maximum atomic E-state index is 12.0. The highest BCUT2D eigenvalue weighted by Gasteiger charge is 2.20. The van der Waals surface area contributed by atoms with E-state index in [1.165, 1.54) is 4.88 Å². The van der Waals surface area contributed by atoms with Crippen LogP contribution in [-0.2, 0) is 24.2 Å². The number of nitrogens with zero attached hydrogens (tertiary/aromatic N) is 2. The van der Waals surface area contributed by atoms with Gasteiger partial charge < -0.3 is 5.32 Å². The van der Waals surface area contributed by atoms with Crippen LogP contribution in [0.1, 0.15) is 30.0 Å². The average molecular weight is 320 g/mol. The molecular weight excluding hydrogens is 300 g/mol. The predicted molar refractivity (Wildman–Crippen MR) is 84.9 cm³/mol. The van der Waals surface area contributed by atoms with Crippen LogP contribution in [0.5, 0.6) is 0 Å². The molecule has 0 radical (unpaired) electrons. The fourth-order valence-corrected chi connectivity index (χ4v) is 3.59. The molecule has 0 bridgehead atoms. The molecule has 1 atom stereocenters. The summed E-state index contributed by atoms with van der Waals surface area (Å²) in [6.45, 7) is 1.34. The van der Waals surface area contributed by atoms with Crippen molar-refractivity contribution in [1.82, 2.24) is 20.1 Å². The maximum absolute atomic E-state index is 12.0. The van der Waals surface area contributed by atoms with Crippen LogP contribution in [0, 0.1) is 5.92 Å². The molecule has 3 rings (SSSR count). The molecule has 2 N–H and O–H groups in total. The molecule has 1 aliphatic rings. The third-order valence-corrected chi connectivity index (χ3v) is 5.06. The van der Waals surface area contributed by atoms with Gasteiger partial charge in [0.15, 0.2) is 0 Å². The minimum absolute atomic E-state index is 0.106. The van der Waals surface area contributed by atoms with E-state index in [-0.39, 0.29) is 11.6 Å². The molecule has 3 heterocycles. The highest BCUT2D eigenvalue weighted by Crippen LogP contribution is 2.20. The molecule has 0 saturated heterocycles. The molecular formula is C15H20N4O2S. The van der Waals surface area contributed by atoms with Gasteiger partial charge >= 0.3 is 5.69 Å². The minimum atomic E-state index is -0.143. The van der Waals surface area contributed by atoms with Crippen molar-refractivity contribution in [2.75, 3.05) is 6.54 Å². The lowest BCUT2D eigenvalue weighted by atomic mass is 9.96. The van der Waals surface area contributed by atoms with Crippen LogP contribution in [0.4, 0.5) is 0 Å². The van der Waals surface area contributed by atoms with Crippen molar-refractivity contribution in [3.63, 3.8) is 0 Å². The summed E-state index contributed by atoms with van der Waals surface area (Å²) in [7, 11) is 0. The highest BCUT2D eigenvalue weighted by molar-refractivity contribution is 7.09. The van der Waals surface area contributed by atoms with Gasteiger partial charge in [0, 0.05) is 30.8 Å². The maximum Gasteiger partial charge on any atom is 0.343 e. The lowest BCUT2D eigenvalue weighted by molar-refractivity contribution is -0.122. The van der Waals surface area contributed by atoms with Gasteiger partial charge in [0.1, 0.15) is 5.82 Å². The van der Waals surface area contributed by atoms with Crippen molar-refractivity contribution in [2.45, 2.75) is 38.6 Å². The van der Waals surface area contributed by atoms with Crippen LogP contribution in [-0.4, -0.2) is 27.2 Å². The van der Waals surface area contributed by atoms with E-state index in [0.717, 1.165) is 31.5 Å². The first-order valence-electron chi connectivity index (χ1n) is 7.65. The molecule has 0 saturated carbocycles. The third-order valence-electron chi connectivity index (χ3n) is 4.12. The highest BCUT2D eigenvalue weighted by atomic mass is 32.1. The third kappa shape index (κ3) is 3.65. The van der Waals surface area contributed by atoms with Gasteiger partial charge in [0.25, 0.3) is 0 Å². The second kappa shape index (κ2) is 6.91. The molecule has 118 valence electrons. The van der Waals surface area contributed by atoms with E-state index in [9.17, 15) is 9.59 Å². The molecule has 2 aromatic rings. The molecule has 0 aromatic carbocycles. The number of aromatic amines is 1. The van der Waals surface area contributed by atoms with Crippen LogP contribution >= 0.6 is 11.3 Å². The number of carbonyl (C=O) groups is 1.